The molecule has 0 saturated carbocycles. The molecule has 0 unspecified atom stereocenters. The molecule has 5 nitrogen and oxygen atoms in total. The second kappa shape index (κ2) is 9.51. The molecule has 1 atom stereocenters. The number of alkyl halides is 3. The lowest BCUT2D eigenvalue weighted by Gasteiger charge is -2.19. The summed E-state index contributed by atoms with van der Waals surface area (Å²) in [5.74, 6) is 0.362. The third kappa shape index (κ3) is 5.43. The molecular weight excluding hydrogens is 442 g/mol. The lowest BCUT2D eigenvalue weighted by Crippen LogP contribution is -2.23. The molecule has 0 fully saturated rings. The first kappa shape index (κ1) is 24.1. The van der Waals surface area contributed by atoms with E-state index in [1.165, 1.54) is 24.3 Å². The molecule has 3 rings (SSSR count). The van der Waals surface area contributed by atoms with Crippen LogP contribution in [-0.2, 0) is 19.4 Å². The van der Waals surface area contributed by atoms with E-state index in [1.807, 2.05) is 42.4 Å². The zero-order valence-corrected chi connectivity index (χ0v) is 19.1. The van der Waals surface area contributed by atoms with Crippen LogP contribution in [0.3, 0.4) is 0 Å². The van der Waals surface area contributed by atoms with Gasteiger partial charge in [0.25, 0.3) is 0 Å². The van der Waals surface area contributed by atoms with E-state index < -0.39 is 11.7 Å². The van der Waals surface area contributed by atoms with Crippen LogP contribution in [0.15, 0.2) is 48.5 Å². The summed E-state index contributed by atoms with van der Waals surface area (Å²) < 4.78 is 55.7. The van der Waals surface area contributed by atoms with Gasteiger partial charge in [-0.15, -0.1) is 0 Å². The molecule has 10 heteroatoms. The van der Waals surface area contributed by atoms with Gasteiger partial charge in [0.15, 0.2) is 5.82 Å². The average Bonchev–Trinajstić information content (AvgIpc) is 3.03. The molecule has 0 aliphatic rings. The minimum absolute atomic E-state index is 0.0665. The molecular formula is C22H25F4N5S. The molecule has 32 heavy (non-hydrogen) atoms. The number of benzene rings is 2. The Morgan fingerprint density at radius 1 is 1.00 bits per heavy atom. The normalized spacial score (nSPS) is 13.2. The first-order chi connectivity index (χ1) is 15.0. The van der Waals surface area contributed by atoms with Crippen LogP contribution in [-0.4, -0.2) is 45.3 Å². The Labute approximate surface area is 189 Å². The van der Waals surface area contributed by atoms with Gasteiger partial charge in [0.1, 0.15) is 5.82 Å². The van der Waals surface area contributed by atoms with E-state index in [0.717, 1.165) is 17.7 Å². The Morgan fingerprint density at radius 2 is 1.59 bits per heavy atom. The molecule has 0 amide bonds. The summed E-state index contributed by atoms with van der Waals surface area (Å²) >= 11 is 5.67. The highest BCUT2D eigenvalue weighted by molar-refractivity contribution is 7.71. The molecule has 0 spiro atoms. The quantitative estimate of drug-likeness (QED) is 0.350. The zero-order chi connectivity index (χ0) is 23.6. The third-order valence-corrected chi connectivity index (χ3v) is 5.60. The maximum absolute atomic E-state index is 13.4. The fraction of sp³-hybridized carbons (Fsp3) is 0.364. The van der Waals surface area contributed by atoms with Crippen molar-refractivity contribution in [2.24, 2.45) is 0 Å². The summed E-state index contributed by atoms with van der Waals surface area (Å²) in [4.78, 5) is 3.90. The van der Waals surface area contributed by atoms with E-state index in [1.54, 1.807) is 16.8 Å². The molecule has 0 radical (unpaired) electrons. The molecule has 0 aliphatic carbocycles. The summed E-state index contributed by atoms with van der Waals surface area (Å²) in [5.41, 5.74) is 0.773. The molecule has 0 bridgehead atoms. The van der Waals surface area contributed by atoms with Crippen molar-refractivity contribution in [3.63, 3.8) is 0 Å². The predicted molar refractivity (Wildman–Crippen MR) is 117 cm³/mol. The SMILES string of the molecule is C[C@H](c1nn(CN(C)Cc2ccc(C(F)(F)F)cc2)c(=S)n1-c1ccc(F)cc1)N(C)C. The van der Waals surface area contributed by atoms with Gasteiger partial charge in [-0.05, 0) is 82.2 Å². The van der Waals surface area contributed by atoms with Gasteiger partial charge in [-0.25, -0.2) is 9.07 Å². The second-order valence-electron chi connectivity index (χ2n) is 7.94. The fourth-order valence-corrected chi connectivity index (χ4v) is 3.54. The molecule has 0 saturated heterocycles. The van der Waals surface area contributed by atoms with E-state index in [2.05, 4.69) is 0 Å². The highest BCUT2D eigenvalue weighted by Gasteiger charge is 2.30. The topological polar surface area (TPSA) is 29.2 Å². The first-order valence-corrected chi connectivity index (χ1v) is 10.3. The van der Waals surface area contributed by atoms with Crippen molar-refractivity contribution in [2.45, 2.75) is 32.4 Å². The molecule has 1 aromatic heterocycles. The van der Waals surface area contributed by atoms with Gasteiger partial charge in [-0.2, -0.15) is 18.3 Å². The highest BCUT2D eigenvalue weighted by Crippen LogP contribution is 2.29. The lowest BCUT2D eigenvalue weighted by molar-refractivity contribution is -0.137. The van der Waals surface area contributed by atoms with Crippen LogP contribution in [0, 0.1) is 10.6 Å². The van der Waals surface area contributed by atoms with Crippen LogP contribution in [0.4, 0.5) is 17.6 Å². The third-order valence-electron chi connectivity index (χ3n) is 5.21. The standard InChI is InChI=1S/C22H25F4N5S/c1-15(28(2)3)20-27-30(21(32)31(20)19-11-9-18(23)10-12-19)14-29(4)13-16-5-7-17(8-6-16)22(24,25)26/h5-12,15H,13-14H2,1-4H3/t15-/m1/s1. The summed E-state index contributed by atoms with van der Waals surface area (Å²) in [6.45, 7) is 2.75. The molecule has 172 valence electrons. The minimum atomic E-state index is -4.36. The number of hydrogen-bond acceptors (Lipinski definition) is 4. The minimum Gasteiger partial charge on any atom is -0.300 e. The van der Waals surface area contributed by atoms with Crippen molar-refractivity contribution >= 4 is 12.2 Å². The largest absolute Gasteiger partial charge is 0.416 e. The van der Waals surface area contributed by atoms with Gasteiger partial charge >= 0.3 is 6.18 Å². The van der Waals surface area contributed by atoms with Crippen LogP contribution in [0.25, 0.3) is 5.69 Å². The van der Waals surface area contributed by atoms with Gasteiger partial charge in [0, 0.05) is 12.2 Å². The summed E-state index contributed by atoms with van der Waals surface area (Å²) in [7, 11) is 5.70. The summed E-state index contributed by atoms with van der Waals surface area (Å²) in [5, 5.41) is 4.71. The van der Waals surface area contributed by atoms with Crippen molar-refractivity contribution in [1.82, 2.24) is 24.1 Å². The van der Waals surface area contributed by atoms with E-state index in [0.29, 0.717) is 29.5 Å². The van der Waals surface area contributed by atoms with E-state index in [9.17, 15) is 17.6 Å². The van der Waals surface area contributed by atoms with Gasteiger partial charge in [0.2, 0.25) is 4.77 Å². The van der Waals surface area contributed by atoms with Crippen molar-refractivity contribution in [2.75, 3.05) is 21.1 Å². The van der Waals surface area contributed by atoms with Crippen LogP contribution in [0.1, 0.15) is 29.9 Å². The molecule has 0 N–H and O–H groups in total. The fourth-order valence-electron chi connectivity index (χ4n) is 3.24. The van der Waals surface area contributed by atoms with Crippen LogP contribution >= 0.6 is 12.2 Å². The van der Waals surface area contributed by atoms with E-state index in [4.69, 9.17) is 17.3 Å². The Hall–Kier alpha value is -2.56. The average molecular weight is 468 g/mol. The Morgan fingerprint density at radius 3 is 2.12 bits per heavy atom. The van der Waals surface area contributed by atoms with Crippen molar-refractivity contribution in [3.8, 4) is 5.69 Å². The van der Waals surface area contributed by atoms with Gasteiger partial charge < -0.3 is 0 Å². The molecule has 1 heterocycles. The monoisotopic (exact) mass is 467 g/mol. The van der Waals surface area contributed by atoms with Crippen molar-refractivity contribution < 1.29 is 17.6 Å². The maximum atomic E-state index is 13.4. The van der Waals surface area contributed by atoms with Crippen molar-refractivity contribution in [3.05, 3.63) is 76.1 Å². The van der Waals surface area contributed by atoms with Crippen LogP contribution < -0.4 is 0 Å². The first-order valence-electron chi connectivity index (χ1n) is 9.94. The second-order valence-corrected chi connectivity index (χ2v) is 8.31. The van der Waals surface area contributed by atoms with Crippen LogP contribution in [0.5, 0.6) is 0 Å². The zero-order valence-electron chi connectivity index (χ0n) is 18.3. The Kier molecular flexibility index (Phi) is 7.16. The Balaban J connectivity index is 1.87. The smallest absolute Gasteiger partial charge is 0.300 e. The van der Waals surface area contributed by atoms with Gasteiger partial charge in [-0.3, -0.25) is 14.4 Å². The van der Waals surface area contributed by atoms with Crippen LogP contribution in [0.2, 0.25) is 0 Å². The Bertz CT molecular complexity index is 1100. The molecule has 0 aliphatic heterocycles. The number of aromatic nitrogens is 3. The maximum Gasteiger partial charge on any atom is 0.416 e. The highest BCUT2D eigenvalue weighted by atomic mass is 32.1. The van der Waals surface area contributed by atoms with Gasteiger partial charge in [-0.1, -0.05) is 12.1 Å². The lowest BCUT2D eigenvalue weighted by atomic mass is 10.1. The van der Waals surface area contributed by atoms with Crippen molar-refractivity contribution in [1.29, 1.82) is 0 Å². The van der Waals surface area contributed by atoms with Gasteiger partial charge in [0.05, 0.1) is 18.3 Å². The van der Waals surface area contributed by atoms with E-state index >= 15 is 0 Å². The number of nitrogens with zero attached hydrogens (tertiary/aromatic N) is 5. The number of hydrogen-bond donors (Lipinski definition) is 0. The summed E-state index contributed by atoms with van der Waals surface area (Å²) in [6.07, 6.45) is -4.36. The molecule has 3 aromatic rings. The number of halogens is 4. The predicted octanol–water partition coefficient (Wildman–Crippen LogP) is 5.27. The number of rotatable bonds is 7. The van der Waals surface area contributed by atoms with E-state index in [-0.39, 0.29) is 11.9 Å². The summed E-state index contributed by atoms with van der Waals surface area (Å²) in [6, 6.07) is 11.1. The molecule has 2 aromatic carbocycles.